The van der Waals surface area contributed by atoms with Gasteiger partial charge in [0, 0.05) is 20.1 Å². The van der Waals surface area contributed by atoms with Crippen LogP contribution < -0.4 is 0 Å². The summed E-state index contributed by atoms with van der Waals surface area (Å²) in [6, 6.07) is -0.187. The molecule has 4 heteroatoms. The van der Waals surface area contributed by atoms with Crippen LogP contribution in [-0.2, 0) is 14.3 Å². The van der Waals surface area contributed by atoms with E-state index in [4.69, 9.17) is 4.74 Å². The van der Waals surface area contributed by atoms with Crippen molar-refractivity contribution in [2.45, 2.75) is 25.3 Å². The Morgan fingerprint density at radius 1 is 1.69 bits per heavy atom. The Balaban J connectivity index is 2.44. The molecule has 4 nitrogen and oxygen atoms in total. The average molecular weight is 185 g/mol. The van der Waals surface area contributed by atoms with Gasteiger partial charge in [-0.25, -0.2) is 0 Å². The largest absolute Gasteiger partial charge is 0.383 e. The molecule has 1 saturated carbocycles. The maximum absolute atomic E-state index is 11.3. The summed E-state index contributed by atoms with van der Waals surface area (Å²) in [6.45, 7) is 0.999. The van der Waals surface area contributed by atoms with Crippen LogP contribution in [0.3, 0.4) is 0 Å². The van der Waals surface area contributed by atoms with Gasteiger partial charge in [-0.05, 0) is 12.8 Å². The van der Waals surface area contributed by atoms with Gasteiger partial charge in [0.1, 0.15) is 0 Å². The van der Waals surface area contributed by atoms with Gasteiger partial charge in [0.05, 0.1) is 12.6 Å². The molecule has 0 aliphatic heterocycles. The highest BCUT2D eigenvalue weighted by molar-refractivity contribution is 5.87. The fourth-order valence-electron chi connectivity index (χ4n) is 1.63. The molecule has 0 N–H and O–H groups in total. The van der Waals surface area contributed by atoms with E-state index in [1.54, 1.807) is 12.0 Å². The lowest BCUT2D eigenvalue weighted by atomic mass is 10.2. The first-order valence-corrected chi connectivity index (χ1v) is 4.52. The van der Waals surface area contributed by atoms with E-state index < -0.39 is 0 Å². The molecule has 1 unspecified atom stereocenters. The third-order valence-electron chi connectivity index (χ3n) is 2.36. The van der Waals surface area contributed by atoms with E-state index in [9.17, 15) is 9.59 Å². The molecule has 1 rings (SSSR count). The number of amides is 1. The molecule has 0 aromatic carbocycles. The summed E-state index contributed by atoms with van der Waals surface area (Å²) in [5.74, 6) is 0.184. The van der Waals surface area contributed by atoms with E-state index in [0.29, 0.717) is 19.6 Å². The van der Waals surface area contributed by atoms with E-state index >= 15 is 0 Å². The highest BCUT2D eigenvalue weighted by Crippen LogP contribution is 2.18. The molecular formula is C9H15NO3. The van der Waals surface area contributed by atoms with Gasteiger partial charge in [0.25, 0.3) is 0 Å². The van der Waals surface area contributed by atoms with Crippen LogP contribution in [0.2, 0.25) is 0 Å². The summed E-state index contributed by atoms with van der Waals surface area (Å²) in [5.41, 5.74) is 0. The lowest BCUT2D eigenvalue weighted by Crippen LogP contribution is -2.39. The maximum atomic E-state index is 11.3. The molecule has 0 aromatic rings. The summed E-state index contributed by atoms with van der Waals surface area (Å²) in [7, 11) is 1.58. The van der Waals surface area contributed by atoms with E-state index in [0.717, 1.165) is 19.3 Å². The van der Waals surface area contributed by atoms with Crippen molar-refractivity contribution in [2.75, 3.05) is 20.3 Å². The normalized spacial score (nSPS) is 21.9. The van der Waals surface area contributed by atoms with Crippen LogP contribution in [0.15, 0.2) is 0 Å². The Bertz CT molecular complexity index is 193. The Labute approximate surface area is 77.8 Å². The van der Waals surface area contributed by atoms with Crippen LogP contribution in [0.1, 0.15) is 19.3 Å². The molecule has 0 bridgehead atoms. The van der Waals surface area contributed by atoms with Gasteiger partial charge in [-0.1, -0.05) is 0 Å². The zero-order chi connectivity index (χ0) is 9.68. The molecule has 1 aliphatic rings. The summed E-state index contributed by atoms with van der Waals surface area (Å²) in [4.78, 5) is 23.5. The number of nitrogens with zero attached hydrogens (tertiary/aromatic N) is 1. The Morgan fingerprint density at radius 2 is 2.46 bits per heavy atom. The SMILES string of the molecule is COCCN(C=O)C1CCCC1=O. The second-order valence-corrected chi connectivity index (χ2v) is 3.21. The molecule has 1 amide bonds. The fraction of sp³-hybridized carbons (Fsp3) is 0.778. The van der Waals surface area contributed by atoms with Crippen molar-refractivity contribution in [3.63, 3.8) is 0 Å². The van der Waals surface area contributed by atoms with Crippen LogP contribution in [0, 0.1) is 0 Å². The molecular weight excluding hydrogens is 170 g/mol. The first-order valence-electron chi connectivity index (χ1n) is 4.52. The van der Waals surface area contributed by atoms with Gasteiger partial charge in [-0.3, -0.25) is 9.59 Å². The van der Waals surface area contributed by atoms with Crippen LogP contribution in [-0.4, -0.2) is 43.4 Å². The molecule has 0 heterocycles. The second kappa shape index (κ2) is 4.97. The molecule has 0 aromatic heterocycles. The molecule has 74 valence electrons. The standard InChI is InChI=1S/C9H15NO3/c1-13-6-5-10(7-11)8-3-2-4-9(8)12/h7-8H,2-6H2,1H3. The molecule has 0 radical (unpaired) electrons. The minimum Gasteiger partial charge on any atom is -0.383 e. The Morgan fingerprint density at radius 3 is 2.92 bits per heavy atom. The summed E-state index contributed by atoms with van der Waals surface area (Å²) in [6.07, 6.45) is 3.07. The predicted molar refractivity (Wildman–Crippen MR) is 47.3 cm³/mol. The number of rotatable bonds is 5. The number of carbonyl (C=O) groups excluding carboxylic acids is 2. The minimum atomic E-state index is -0.187. The number of ether oxygens (including phenoxy) is 1. The zero-order valence-electron chi connectivity index (χ0n) is 7.86. The van der Waals surface area contributed by atoms with Crippen LogP contribution in [0.25, 0.3) is 0 Å². The average Bonchev–Trinajstić information content (AvgIpc) is 2.54. The molecule has 0 saturated heterocycles. The first-order chi connectivity index (χ1) is 6.29. The molecule has 1 fully saturated rings. The quantitative estimate of drug-likeness (QED) is 0.575. The minimum absolute atomic E-state index is 0.184. The zero-order valence-corrected chi connectivity index (χ0v) is 7.86. The van der Waals surface area contributed by atoms with Crippen molar-refractivity contribution >= 4 is 12.2 Å². The van der Waals surface area contributed by atoms with Crippen molar-refractivity contribution in [3.8, 4) is 0 Å². The van der Waals surface area contributed by atoms with Gasteiger partial charge < -0.3 is 9.64 Å². The van der Waals surface area contributed by atoms with Crippen molar-refractivity contribution in [1.82, 2.24) is 4.90 Å². The third kappa shape index (κ3) is 2.52. The molecule has 0 spiro atoms. The lowest BCUT2D eigenvalue weighted by molar-refractivity contribution is -0.130. The van der Waals surface area contributed by atoms with Crippen LogP contribution in [0.4, 0.5) is 0 Å². The molecule has 1 aliphatic carbocycles. The third-order valence-corrected chi connectivity index (χ3v) is 2.36. The summed E-state index contributed by atoms with van der Waals surface area (Å²) in [5, 5.41) is 0. The van der Waals surface area contributed by atoms with E-state index in [2.05, 4.69) is 0 Å². The van der Waals surface area contributed by atoms with E-state index in [-0.39, 0.29) is 11.8 Å². The smallest absolute Gasteiger partial charge is 0.210 e. The lowest BCUT2D eigenvalue weighted by Gasteiger charge is -2.22. The van der Waals surface area contributed by atoms with Gasteiger partial charge in [-0.2, -0.15) is 0 Å². The summed E-state index contributed by atoms with van der Waals surface area (Å²) < 4.78 is 4.86. The number of carbonyl (C=O) groups is 2. The van der Waals surface area contributed by atoms with E-state index in [1.807, 2.05) is 0 Å². The number of hydrogen-bond acceptors (Lipinski definition) is 3. The Kier molecular flexibility index (Phi) is 3.89. The highest BCUT2D eigenvalue weighted by Gasteiger charge is 2.28. The summed E-state index contributed by atoms with van der Waals surface area (Å²) >= 11 is 0. The van der Waals surface area contributed by atoms with Crippen LogP contribution >= 0.6 is 0 Å². The Hall–Kier alpha value is -0.900. The fourth-order valence-corrected chi connectivity index (χ4v) is 1.63. The predicted octanol–water partition coefficient (Wildman–Crippen LogP) is 0.213. The second-order valence-electron chi connectivity index (χ2n) is 3.21. The highest BCUT2D eigenvalue weighted by atomic mass is 16.5. The number of methoxy groups -OCH3 is 1. The van der Waals surface area contributed by atoms with Gasteiger partial charge in [0.2, 0.25) is 6.41 Å². The van der Waals surface area contributed by atoms with Crippen molar-refractivity contribution in [1.29, 1.82) is 0 Å². The van der Waals surface area contributed by atoms with Crippen molar-refractivity contribution in [3.05, 3.63) is 0 Å². The van der Waals surface area contributed by atoms with Gasteiger partial charge in [-0.15, -0.1) is 0 Å². The van der Waals surface area contributed by atoms with E-state index in [1.165, 1.54) is 0 Å². The topological polar surface area (TPSA) is 46.6 Å². The van der Waals surface area contributed by atoms with Gasteiger partial charge in [0.15, 0.2) is 5.78 Å². The molecule has 1 atom stereocenters. The van der Waals surface area contributed by atoms with Crippen molar-refractivity contribution in [2.24, 2.45) is 0 Å². The maximum Gasteiger partial charge on any atom is 0.210 e. The molecule has 13 heavy (non-hydrogen) atoms. The first kappa shape index (κ1) is 10.2. The number of Topliss-reactive ketones (excluding diaryl/α,β-unsaturated/α-hetero) is 1. The monoisotopic (exact) mass is 185 g/mol. The van der Waals surface area contributed by atoms with Gasteiger partial charge >= 0.3 is 0 Å². The number of ketones is 1. The van der Waals surface area contributed by atoms with Crippen molar-refractivity contribution < 1.29 is 14.3 Å². The number of hydrogen-bond donors (Lipinski definition) is 0. The van der Waals surface area contributed by atoms with Crippen LogP contribution in [0.5, 0.6) is 0 Å².